The summed E-state index contributed by atoms with van der Waals surface area (Å²) in [6.07, 6.45) is 0.791. The van der Waals surface area contributed by atoms with E-state index in [1.807, 2.05) is 60.7 Å². The molecular weight excluding hydrogens is 482 g/mol. The predicted molar refractivity (Wildman–Crippen MR) is 142 cm³/mol. The highest BCUT2D eigenvalue weighted by molar-refractivity contribution is 5.92. The van der Waals surface area contributed by atoms with Crippen LogP contribution >= 0.6 is 0 Å². The number of anilines is 1. The Kier molecular flexibility index (Phi) is 7.99. The SMILES string of the molecule is O=C(Cc1ccccc1)Nc1ccc([C@@H]2OC(=O)N(Cc3ccccc3)[C@@H]2C(=O)NC[C@@H]2CCCO2)cc1. The molecule has 2 fully saturated rings. The summed E-state index contributed by atoms with van der Waals surface area (Å²) in [5.41, 5.74) is 3.13. The van der Waals surface area contributed by atoms with Crippen LogP contribution < -0.4 is 10.6 Å². The highest BCUT2D eigenvalue weighted by atomic mass is 16.6. The van der Waals surface area contributed by atoms with Crippen molar-refractivity contribution in [1.29, 1.82) is 0 Å². The maximum absolute atomic E-state index is 13.4. The van der Waals surface area contributed by atoms with E-state index < -0.39 is 18.2 Å². The van der Waals surface area contributed by atoms with Crippen LogP contribution in [0.2, 0.25) is 0 Å². The molecule has 0 bridgehead atoms. The van der Waals surface area contributed by atoms with Crippen molar-refractivity contribution < 1.29 is 23.9 Å². The van der Waals surface area contributed by atoms with Crippen LogP contribution in [0.3, 0.4) is 0 Å². The van der Waals surface area contributed by atoms with E-state index in [2.05, 4.69) is 10.6 Å². The number of hydrogen-bond acceptors (Lipinski definition) is 5. The summed E-state index contributed by atoms with van der Waals surface area (Å²) in [5.74, 6) is -0.413. The smallest absolute Gasteiger partial charge is 0.411 e. The van der Waals surface area contributed by atoms with Gasteiger partial charge in [-0.05, 0) is 41.7 Å². The van der Waals surface area contributed by atoms with Crippen LogP contribution in [0, 0.1) is 0 Å². The summed E-state index contributed by atoms with van der Waals surface area (Å²) < 4.78 is 11.4. The topological polar surface area (TPSA) is 97.0 Å². The van der Waals surface area contributed by atoms with Crippen molar-refractivity contribution >= 4 is 23.6 Å². The molecule has 0 saturated carbocycles. The molecule has 3 aromatic carbocycles. The molecule has 0 radical (unpaired) electrons. The number of carbonyl (C=O) groups is 3. The molecule has 3 atom stereocenters. The van der Waals surface area contributed by atoms with Crippen LogP contribution in [0.5, 0.6) is 0 Å². The van der Waals surface area contributed by atoms with Crippen molar-refractivity contribution in [3.05, 3.63) is 102 Å². The molecule has 2 aliphatic heterocycles. The highest BCUT2D eigenvalue weighted by Gasteiger charge is 2.47. The molecule has 2 N–H and O–H groups in total. The van der Waals surface area contributed by atoms with E-state index in [-0.39, 0.29) is 30.9 Å². The molecule has 0 aliphatic carbocycles. The van der Waals surface area contributed by atoms with Gasteiger partial charge in [-0.1, -0.05) is 72.8 Å². The quantitative estimate of drug-likeness (QED) is 0.447. The van der Waals surface area contributed by atoms with E-state index >= 15 is 0 Å². The normalized spacial score (nSPS) is 20.7. The van der Waals surface area contributed by atoms with Gasteiger partial charge in [-0.2, -0.15) is 0 Å². The average molecular weight is 514 g/mol. The molecule has 2 heterocycles. The standard InChI is InChI=1S/C30H31N3O5/c34-26(18-21-8-3-1-4-9-21)32-24-15-13-23(14-16-24)28-27(29(35)31-19-25-12-7-17-37-25)33(30(36)38-28)20-22-10-5-2-6-11-22/h1-6,8-11,13-16,25,27-28H,7,12,17-20H2,(H,31,35)(H,32,34)/t25-,27-,28-/m0/s1. The molecular formula is C30H31N3O5. The van der Waals surface area contributed by atoms with E-state index in [4.69, 9.17) is 9.47 Å². The molecule has 0 unspecified atom stereocenters. The van der Waals surface area contributed by atoms with Crippen molar-refractivity contribution in [3.8, 4) is 0 Å². The summed E-state index contributed by atoms with van der Waals surface area (Å²) >= 11 is 0. The van der Waals surface area contributed by atoms with Gasteiger partial charge in [0.15, 0.2) is 12.1 Å². The third kappa shape index (κ3) is 6.20. The van der Waals surface area contributed by atoms with Gasteiger partial charge in [0.2, 0.25) is 11.8 Å². The maximum Gasteiger partial charge on any atom is 0.411 e. The molecule has 2 aliphatic rings. The van der Waals surface area contributed by atoms with Gasteiger partial charge in [0.1, 0.15) is 0 Å². The number of amides is 3. The first kappa shape index (κ1) is 25.5. The Morgan fingerprint density at radius 2 is 1.58 bits per heavy atom. The fourth-order valence-corrected chi connectivity index (χ4v) is 4.86. The summed E-state index contributed by atoms with van der Waals surface area (Å²) in [6.45, 7) is 1.34. The number of cyclic esters (lactones) is 1. The minimum absolute atomic E-state index is 0.0169. The predicted octanol–water partition coefficient (Wildman–Crippen LogP) is 4.23. The summed E-state index contributed by atoms with van der Waals surface area (Å²) in [4.78, 5) is 40.3. The van der Waals surface area contributed by atoms with Crippen molar-refractivity contribution in [2.45, 2.75) is 44.1 Å². The van der Waals surface area contributed by atoms with Gasteiger partial charge >= 0.3 is 6.09 Å². The zero-order valence-corrected chi connectivity index (χ0v) is 21.0. The van der Waals surface area contributed by atoms with Gasteiger partial charge in [0, 0.05) is 18.8 Å². The minimum Gasteiger partial charge on any atom is -0.438 e. The number of rotatable bonds is 9. The van der Waals surface area contributed by atoms with Crippen molar-refractivity contribution in [1.82, 2.24) is 10.2 Å². The number of benzene rings is 3. The summed E-state index contributed by atoms with van der Waals surface area (Å²) in [7, 11) is 0. The Morgan fingerprint density at radius 3 is 2.24 bits per heavy atom. The molecule has 3 amide bonds. The van der Waals surface area contributed by atoms with E-state index in [9.17, 15) is 14.4 Å². The highest BCUT2D eigenvalue weighted by Crippen LogP contribution is 2.34. The molecule has 2 saturated heterocycles. The second-order valence-electron chi connectivity index (χ2n) is 9.58. The molecule has 3 aromatic rings. The van der Waals surface area contributed by atoms with Crippen LogP contribution in [0.4, 0.5) is 10.5 Å². The number of nitrogens with one attached hydrogen (secondary N) is 2. The Labute approximate surface area is 221 Å². The van der Waals surface area contributed by atoms with Crippen LogP contribution in [-0.2, 0) is 32.0 Å². The lowest BCUT2D eigenvalue weighted by atomic mass is 10.00. The zero-order valence-electron chi connectivity index (χ0n) is 21.0. The van der Waals surface area contributed by atoms with E-state index in [1.54, 1.807) is 24.3 Å². The number of carbonyl (C=O) groups excluding carboxylic acids is 3. The lowest BCUT2D eigenvalue weighted by Gasteiger charge is -2.25. The number of ether oxygens (including phenoxy) is 2. The van der Waals surface area contributed by atoms with Crippen LogP contribution in [0.1, 0.15) is 35.6 Å². The van der Waals surface area contributed by atoms with Gasteiger partial charge < -0.3 is 20.1 Å². The number of hydrogen-bond donors (Lipinski definition) is 2. The molecule has 196 valence electrons. The van der Waals surface area contributed by atoms with E-state index in [1.165, 1.54) is 4.90 Å². The largest absolute Gasteiger partial charge is 0.438 e. The van der Waals surface area contributed by atoms with Gasteiger partial charge in [0.05, 0.1) is 19.1 Å². The third-order valence-electron chi connectivity index (χ3n) is 6.81. The molecule has 5 rings (SSSR count). The maximum atomic E-state index is 13.4. The van der Waals surface area contributed by atoms with Gasteiger partial charge in [-0.25, -0.2) is 4.79 Å². The Morgan fingerprint density at radius 1 is 0.895 bits per heavy atom. The van der Waals surface area contributed by atoms with E-state index in [0.29, 0.717) is 24.4 Å². The second-order valence-corrected chi connectivity index (χ2v) is 9.58. The van der Waals surface area contributed by atoms with Crippen LogP contribution in [0.25, 0.3) is 0 Å². The summed E-state index contributed by atoms with van der Waals surface area (Å²) in [5, 5.41) is 5.86. The fraction of sp³-hybridized carbons (Fsp3) is 0.300. The van der Waals surface area contributed by atoms with Crippen LogP contribution in [-0.4, -0.2) is 48.1 Å². The molecule has 38 heavy (non-hydrogen) atoms. The number of nitrogens with zero attached hydrogens (tertiary/aromatic N) is 1. The van der Waals surface area contributed by atoms with Crippen LogP contribution in [0.15, 0.2) is 84.9 Å². The first-order chi connectivity index (χ1) is 18.6. The van der Waals surface area contributed by atoms with Gasteiger partial charge in [-0.3, -0.25) is 14.5 Å². The first-order valence-electron chi connectivity index (χ1n) is 12.9. The van der Waals surface area contributed by atoms with Crippen molar-refractivity contribution in [3.63, 3.8) is 0 Å². The minimum atomic E-state index is -0.845. The monoisotopic (exact) mass is 513 g/mol. The lowest BCUT2D eigenvalue weighted by Crippen LogP contribution is -2.47. The molecule has 8 nitrogen and oxygen atoms in total. The Balaban J connectivity index is 1.30. The average Bonchev–Trinajstić information content (AvgIpc) is 3.57. The molecule has 0 aromatic heterocycles. The first-order valence-corrected chi connectivity index (χ1v) is 12.9. The lowest BCUT2D eigenvalue weighted by molar-refractivity contribution is -0.126. The second kappa shape index (κ2) is 11.9. The van der Waals surface area contributed by atoms with Gasteiger partial charge in [0.25, 0.3) is 0 Å². The summed E-state index contributed by atoms with van der Waals surface area (Å²) in [6, 6.07) is 25.3. The Hall–Kier alpha value is -4.17. The molecule has 0 spiro atoms. The van der Waals surface area contributed by atoms with Crippen molar-refractivity contribution in [2.24, 2.45) is 0 Å². The van der Waals surface area contributed by atoms with Crippen molar-refractivity contribution in [2.75, 3.05) is 18.5 Å². The zero-order chi connectivity index (χ0) is 26.3. The Bertz CT molecular complexity index is 1240. The van der Waals surface area contributed by atoms with Gasteiger partial charge in [-0.15, -0.1) is 0 Å². The van der Waals surface area contributed by atoms with E-state index in [0.717, 1.165) is 24.0 Å². The fourth-order valence-electron chi connectivity index (χ4n) is 4.86. The third-order valence-corrected chi connectivity index (χ3v) is 6.81. The molecule has 8 heteroatoms.